The Bertz CT molecular complexity index is 788. The van der Waals surface area contributed by atoms with Gasteiger partial charge in [-0.25, -0.2) is 9.97 Å². The second kappa shape index (κ2) is 7.62. The molecule has 0 spiro atoms. The zero-order valence-corrected chi connectivity index (χ0v) is 16.0. The van der Waals surface area contributed by atoms with Gasteiger partial charge < -0.3 is 9.80 Å². The van der Waals surface area contributed by atoms with Gasteiger partial charge in [0.1, 0.15) is 0 Å². The summed E-state index contributed by atoms with van der Waals surface area (Å²) in [6, 6.07) is 5.93. The van der Waals surface area contributed by atoms with Crippen LogP contribution < -0.4 is 4.90 Å². The Kier molecular flexibility index (Phi) is 5.05. The highest BCUT2D eigenvalue weighted by molar-refractivity contribution is 5.88. The summed E-state index contributed by atoms with van der Waals surface area (Å²) in [5.74, 6) is 1.05. The molecule has 2 fully saturated rings. The minimum Gasteiger partial charge on any atom is -0.340 e. The molecule has 6 heteroatoms. The molecule has 1 aliphatic heterocycles. The largest absolute Gasteiger partial charge is 0.340 e. The van der Waals surface area contributed by atoms with Crippen LogP contribution in [0.3, 0.4) is 0 Å². The Morgan fingerprint density at radius 2 is 1.89 bits per heavy atom. The van der Waals surface area contributed by atoms with Gasteiger partial charge in [-0.05, 0) is 43.9 Å². The van der Waals surface area contributed by atoms with Crippen LogP contribution >= 0.6 is 0 Å². The van der Waals surface area contributed by atoms with Gasteiger partial charge in [0.2, 0.25) is 11.9 Å². The van der Waals surface area contributed by atoms with Gasteiger partial charge in [0.15, 0.2) is 0 Å². The molecule has 0 atom stereocenters. The zero-order valence-electron chi connectivity index (χ0n) is 16.0. The summed E-state index contributed by atoms with van der Waals surface area (Å²) >= 11 is 0. The molecule has 0 bridgehead atoms. The Labute approximate surface area is 160 Å². The van der Waals surface area contributed by atoms with E-state index in [2.05, 4.69) is 30.8 Å². The van der Waals surface area contributed by atoms with Crippen LogP contribution in [-0.2, 0) is 10.2 Å². The van der Waals surface area contributed by atoms with E-state index in [1.54, 1.807) is 12.4 Å². The number of rotatable bonds is 3. The number of aryl methyl sites for hydroxylation is 1. The van der Waals surface area contributed by atoms with E-state index in [9.17, 15) is 4.79 Å². The smallest absolute Gasteiger partial charge is 0.233 e. The summed E-state index contributed by atoms with van der Waals surface area (Å²) in [7, 11) is 0. The summed E-state index contributed by atoms with van der Waals surface area (Å²) in [5, 5.41) is 0. The first-order valence-electron chi connectivity index (χ1n) is 9.93. The molecule has 0 unspecified atom stereocenters. The average molecular weight is 365 g/mol. The minimum absolute atomic E-state index is 0.278. The Balaban J connectivity index is 1.52. The predicted molar refractivity (Wildman–Crippen MR) is 105 cm³/mol. The summed E-state index contributed by atoms with van der Waals surface area (Å²) in [5.41, 5.74) is 1.66. The van der Waals surface area contributed by atoms with Crippen LogP contribution in [0, 0.1) is 6.92 Å². The van der Waals surface area contributed by atoms with Crippen molar-refractivity contribution in [3.05, 3.63) is 48.0 Å². The fourth-order valence-corrected chi connectivity index (χ4v) is 4.46. The Morgan fingerprint density at radius 1 is 1.04 bits per heavy atom. The maximum absolute atomic E-state index is 13.6. The van der Waals surface area contributed by atoms with Gasteiger partial charge in [0.25, 0.3) is 0 Å². The number of nitrogens with zero attached hydrogens (tertiary/aromatic N) is 5. The lowest BCUT2D eigenvalue weighted by Gasteiger charge is -2.34. The molecule has 4 rings (SSSR count). The molecule has 1 aliphatic carbocycles. The van der Waals surface area contributed by atoms with E-state index in [-0.39, 0.29) is 11.3 Å². The number of aromatic nitrogens is 3. The second-order valence-electron chi connectivity index (χ2n) is 7.66. The second-order valence-corrected chi connectivity index (χ2v) is 7.66. The van der Waals surface area contributed by atoms with Gasteiger partial charge in [-0.2, -0.15) is 0 Å². The van der Waals surface area contributed by atoms with Crippen molar-refractivity contribution in [3.8, 4) is 0 Å². The monoisotopic (exact) mass is 365 g/mol. The summed E-state index contributed by atoms with van der Waals surface area (Å²) in [4.78, 5) is 31.1. The van der Waals surface area contributed by atoms with E-state index >= 15 is 0 Å². The number of hydrogen-bond donors (Lipinski definition) is 0. The van der Waals surface area contributed by atoms with E-state index < -0.39 is 0 Å². The van der Waals surface area contributed by atoms with Crippen molar-refractivity contribution in [1.82, 2.24) is 19.9 Å². The standard InChI is InChI=1S/C21H27N5O/c1-17-7-11-23-20(24-17)26-13-5-12-25(14-15-26)19(27)21(8-2-3-9-21)18-6-4-10-22-16-18/h4,6-7,10-11,16H,2-3,5,8-9,12-15H2,1H3. The van der Waals surface area contributed by atoms with Crippen LogP contribution in [0.2, 0.25) is 0 Å². The molecule has 2 aromatic heterocycles. The summed E-state index contributed by atoms with van der Waals surface area (Å²) in [6.07, 6.45) is 10.5. The van der Waals surface area contributed by atoms with Crippen molar-refractivity contribution in [2.45, 2.75) is 44.4 Å². The van der Waals surface area contributed by atoms with Crippen molar-refractivity contribution >= 4 is 11.9 Å². The van der Waals surface area contributed by atoms with Gasteiger partial charge >= 0.3 is 0 Å². The maximum Gasteiger partial charge on any atom is 0.233 e. The fourth-order valence-electron chi connectivity index (χ4n) is 4.46. The molecule has 1 saturated heterocycles. The van der Waals surface area contributed by atoms with Gasteiger partial charge in [-0.1, -0.05) is 18.9 Å². The third-order valence-electron chi connectivity index (χ3n) is 5.93. The zero-order chi connectivity index (χ0) is 18.7. The van der Waals surface area contributed by atoms with Crippen LogP contribution in [0.4, 0.5) is 5.95 Å². The number of pyridine rings is 1. The average Bonchev–Trinajstić information content (AvgIpc) is 3.07. The molecular weight excluding hydrogens is 338 g/mol. The van der Waals surface area contributed by atoms with E-state index in [1.807, 2.05) is 25.3 Å². The van der Waals surface area contributed by atoms with Gasteiger partial charge in [-0.3, -0.25) is 9.78 Å². The maximum atomic E-state index is 13.6. The molecule has 3 heterocycles. The van der Waals surface area contributed by atoms with Gasteiger partial charge in [0, 0.05) is 50.5 Å². The number of amides is 1. The minimum atomic E-state index is -0.386. The van der Waals surface area contributed by atoms with E-state index in [1.165, 1.54) is 0 Å². The SMILES string of the molecule is Cc1ccnc(N2CCCN(C(=O)C3(c4cccnc4)CCCC3)CC2)n1. The van der Waals surface area contributed by atoms with Crippen LogP contribution in [0.25, 0.3) is 0 Å². The highest BCUT2D eigenvalue weighted by atomic mass is 16.2. The topological polar surface area (TPSA) is 62.2 Å². The van der Waals surface area contributed by atoms with Crippen molar-refractivity contribution in [2.75, 3.05) is 31.1 Å². The third kappa shape index (κ3) is 3.53. The van der Waals surface area contributed by atoms with E-state index in [0.717, 1.165) is 75.5 Å². The molecule has 1 amide bonds. The lowest BCUT2D eigenvalue weighted by atomic mass is 9.78. The van der Waals surface area contributed by atoms with Gasteiger partial charge in [0.05, 0.1) is 5.41 Å². The van der Waals surface area contributed by atoms with Gasteiger partial charge in [-0.15, -0.1) is 0 Å². The van der Waals surface area contributed by atoms with Crippen molar-refractivity contribution in [3.63, 3.8) is 0 Å². The van der Waals surface area contributed by atoms with Crippen LogP contribution in [0.5, 0.6) is 0 Å². The molecule has 1 saturated carbocycles. The predicted octanol–water partition coefficient (Wildman–Crippen LogP) is 2.73. The lowest BCUT2D eigenvalue weighted by molar-refractivity contribution is -0.137. The van der Waals surface area contributed by atoms with Crippen molar-refractivity contribution < 1.29 is 4.79 Å². The summed E-state index contributed by atoms with van der Waals surface area (Å²) in [6.45, 7) is 5.16. The van der Waals surface area contributed by atoms with Crippen LogP contribution in [0.1, 0.15) is 43.4 Å². The van der Waals surface area contributed by atoms with Crippen molar-refractivity contribution in [2.24, 2.45) is 0 Å². The molecular formula is C21H27N5O. The quantitative estimate of drug-likeness (QED) is 0.837. The number of hydrogen-bond acceptors (Lipinski definition) is 5. The number of anilines is 1. The first kappa shape index (κ1) is 17.9. The fraction of sp³-hybridized carbons (Fsp3) is 0.524. The molecule has 2 aromatic rings. The Hall–Kier alpha value is -2.50. The first-order valence-corrected chi connectivity index (χ1v) is 9.93. The lowest BCUT2D eigenvalue weighted by Crippen LogP contribution is -2.47. The molecule has 6 nitrogen and oxygen atoms in total. The third-order valence-corrected chi connectivity index (χ3v) is 5.93. The molecule has 0 radical (unpaired) electrons. The van der Waals surface area contributed by atoms with Crippen LogP contribution in [-0.4, -0.2) is 51.9 Å². The van der Waals surface area contributed by atoms with E-state index in [0.29, 0.717) is 0 Å². The number of carbonyl (C=O) groups excluding carboxylic acids is 1. The molecule has 142 valence electrons. The molecule has 27 heavy (non-hydrogen) atoms. The molecule has 0 aromatic carbocycles. The Morgan fingerprint density at radius 3 is 2.63 bits per heavy atom. The van der Waals surface area contributed by atoms with Crippen molar-refractivity contribution in [1.29, 1.82) is 0 Å². The van der Waals surface area contributed by atoms with E-state index in [4.69, 9.17) is 0 Å². The van der Waals surface area contributed by atoms with Crippen LogP contribution in [0.15, 0.2) is 36.8 Å². The molecule has 2 aliphatic rings. The first-order chi connectivity index (χ1) is 13.2. The highest BCUT2D eigenvalue weighted by Crippen LogP contribution is 2.42. The number of carbonyl (C=O) groups is 1. The normalized spacial score (nSPS) is 19.7. The molecule has 0 N–H and O–H groups in total. The highest BCUT2D eigenvalue weighted by Gasteiger charge is 2.45. The summed E-state index contributed by atoms with van der Waals surface area (Å²) < 4.78 is 0.